The number of H-pyrrole nitrogens is 3. The van der Waals surface area contributed by atoms with E-state index in [1.165, 1.54) is 0 Å². The van der Waals surface area contributed by atoms with Crippen molar-refractivity contribution in [2.24, 2.45) is 0 Å². The monoisotopic (exact) mass is 348 g/mol. The molecule has 2 aromatic heterocycles. The van der Waals surface area contributed by atoms with Gasteiger partial charge in [0.25, 0.3) is 11.1 Å². The number of rotatable bonds is 4. The predicted octanol–water partition coefficient (Wildman–Crippen LogP) is 0.907. The molecule has 0 unspecified atom stereocenters. The summed E-state index contributed by atoms with van der Waals surface area (Å²) >= 11 is 0. The van der Waals surface area contributed by atoms with Gasteiger partial charge < -0.3 is 15.0 Å². The fraction of sp³-hybridized carbons (Fsp3) is 0.150. The second kappa shape index (κ2) is 6.84. The molecule has 3 aromatic rings. The van der Waals surface area contributed by atoms with Gasteiger partial charge in [0.15, 0.2) is 0 Å². The van der Waals surface area contributed by atoms with Crippen LogP contribution in [0.3, 0.4) is 0 Å². The molecule has 2 heterocycles. The van der Waals surface area contributed by atoms with Crippen LogP contribution in [0.15, 0.2) is 58.9 Å². The van der Waals surface area contributed by atoms with E-state index in [2.05, 4.69) is 26.5 Å². The van der Waals surface area contributed by atoms with Gasteiger partial charge in [0.1, 0.15) is 10.7 Å². The third-order valence-electron chi connectivity index (χ3n) is 4.20. The van der Waals surface area contributed by atoms with Crippen molar-refractivity contribution in [3.8, 4) is 0 Å². The number of aromatic amines is 3. The molecule has 0 saturated carbocycles. The zero-order valence-corrected chi connectivity index (χ0v) is 14.7. The third-order valence-corrected chi connectivity index (χ3v) is 4.20. The van der Waals surface area contributed by atoms with Crippen molar-refractivity contribution in [1.29, 1.82) is 0 Å². The molecular weight excluding hydrogens is 328 g/mol. The van der Waals surface area contributed by atoms with Crippen LogP contribution in [0.1, 0.15) is 30.8 Å². The van der Waals surface area contributed by atoms with Crippen molar-refractivity contribution in [3.05, 3.63) is 97.7 Å². The van der Waals surface area contributed by atoms with Gasteiger partial charge in [-0.2, -0.15) is 0 Å². The molecule has 0 saturated heterocycles. The minimum absolute atomic E-state index is 0.147. The van der Waals surface area contributed by atoms with Crippen LogP contribution in [0, 0.1) is 0 Å². The number of nitrogens with zero attached hydrogens (tertiary/aromatic N) is 1. The zero-order chi connectivity index (χ0) is 18.7. The second-order valence-electron chi connectivity index (χ2n) is 6.52. The average Bonchev–Trinajstić information content (AvgIpc) is 3.09. The highest BCUT2D eigenvalue weighted by atomic mass is 16.1. The normalized spacial score (nSPS) is 13.2. The first kappa shape index (κ1) is 17.4. The lowest BCUT2D eigenvalue weighted by molar-refractivity contribution is 0.648. The van der Waals surface area contributed by atoms with Gasteiger partial charge in [0.05, 0.1) is 17.7 Å². The fourth-order valence-corrected chi connectivity index (χ4v) is 2.58. The summed E-state index contributed by atoms with van der Waals surface area (Å²) in [4.78, 5) is 37.3. The Balaban J connectivity index is 2.14. The smallest absolute Gasteiger partial charge is 0.272 e. The topological polar surface area (TPSA) is 94.4 Å². The van der Waals surface area contributed by atoms with E-state index in [0.717, 1.165) is 11.3 Å². The molecule has 3 N–H and O–H groups in total. The van der Waals surface area contributed by atoms with Crippen LogP contribution in [-0.4, -0.2) is 19.9 Å². The SMILES string of the molecule is C=CC(C)(C)c1[nH]cnc1C=c1[nH]c(=O)c(=Cc2ccccc2)[nH]c1=O. The lowest BCUT2D eigenvalue weighted by Gasteiger charge is -2.18. The molecule has 3 rings (SSSR count). The Bertz CT molecular complexity index is 1160. The second-order valence-corrected chi connectivity index (χ2v) is 6.52. The van der Waals surface area contributed by atoms with E-state index in [4.69, 9.17) is 0 Å². The van der Waals surface area contributed by atoms with Gasteiger partial charge in [-0.15, -0.1) is 6.58 Å². The summed E-state index contributed by atoms with van der Waals surface area (Å²) in [5.41, 5.74) is 1.10. The summed E-state index contributed by atoms with van der Waals surface area (Å²) in [6.45, 7) is 7.79. The van der Waals surface area contributed by atoms with E-state index in [9.17, 15) is 9.59 Å². The highest BCUT2D eigenvalue weighted by Gasteiger charge is 2.21. The van der Waals surface area contributed by atoms with Crippen molar-refractivity contribution in [1.82, 2.24) is 19.9 Å². The van der Waals surface area contributed by atoms with Crippen LogP contribution in [0.4, 0.5) is 0 Å². The predicted molar refractivity (Wildman–Crippen MR) is 102 cm³/mol. The van der Waals surface area contributed by atoms with Gasteiger partial charge in [0.2, 0.25) is 0 Å². The quantitative estimate of drug-likeness (QED) is 0.612. The maximum Gasteiger partial charge on any atom is 0.272 e. The van der Waals surface area contributed by atoms with E-state index in [-0.39, 0.29) is 21.7 Å². The molecule has 0 aliphatic carbocycles. The van der Waals surface area contributed by atoms with Gasteiger partial charge in [-0.05, 0) is 17.7 Å². The minimum Gasteiger partial charge on any atom is -0.347 e. The van der Waals surface area contributed by atoms with Gasteiger partial charge in [-0.25, -0.2) is 4.98 Å². The molecule has 1 aromatic carbocycles. The Morgan fingerprint density at radius 2 is 1.62 bits per heavy atom. The van der Waals surface area contributed by atoms with Gasteiger partial charge in [-0.3, -0.25) is 9.59 Å². The Morgan fingerprint density at radius 1 is 1.00 bits per heavy atom. The molecule has 0 radical (unpaired) electrons. The van der Waals surface area contributed by atoms with Crippen LogP contribution in [0.25, 0.3) is 12.2 Å². The Hall–Kier alpha value is -3.41. The summed E-state index contributed by atoms with van der Waals surface area (Å²) in [6.07, 6.45) is 6.54. The minimum atomic E-state index is -0.392. The van der Waals surface area contributed by atoms with Crippen LogP contribution in [-0.2, 0) is 5.41 Å². The number of imidazole rings is 1. The van der Waals surface area contributed by atoms with E-state index in [1.807, 2.05) is 44.2 Å². The van der Waals surface area contributed by atoms with Crippen LogP contribution < -0.4 is 21.8 Å². The number of aromatic nitrogens is 4. The third kappa shape index (κ3) is 3.49. The number of nitrogens with one attached hydrogen (secondary N) is 3. The molecule has 6 heteroatoms. The van der Waals surface area contributed by atoms with Crippen LogP contribution in [0.2, 0.25) is 0 Å². The van der Waals surface area contributed by atoms with Crippen molar-refractivity contribution in [3.63, 3.8) is 0 Å². The molecule has 0 bridgehead atoms. The summed E-state index contributed by atoms with van der Waals surface area (Å²) in [5, 5.41) is 0.348. The standard InChI is InChI=1S/C20H20N4O2/c1-4-20(2,3)17-14(21-12-22-17)11-16-19(26)23-15(18(25)24-16)10-13-8-6-5-7-9-13/h4-12H,1H2,2-3H3,(H,21,22)(H,23,26)(H,24,25). The van der Waals surface area contributed by atoms with Gasteiger partial charge in [-0.1, -0.05) is 50.3 Å². The van der Waals surface area contributed by atoms with Crippen molar-refractivity contribution >= 4 is 12.2 Å². The maximum absolute atomic E-state index is 12.4. The zero-order valence-electron chi connectivity index (χ0n) is 14.7. The summed E-state index contributed by atoms with van der Waals surface area (Å²) in [7, 11) is 0. The summed E-state index contributed by atoms with van der Waals surface area (Å²) < 4.78 is 0. The molecule has 6 nitrogen and oxygen atoms in total. The first-order valence-electron chi connectivity index (χ1n) is 8.19. The highest BCUT2D eigenvalue weighted by molar-refractivity contribution is 5.50. The number of allylic oxidation sites excluding steroid dienone is 1. The molecule has 0 spiro atoms. The molecule has 26 heavy (non-hydrogen) atoms. The summed E-state index contributed by atoms with van der Waals surface area (Å²) in [5.74, 6) is 0. The van der Waals surface area contributed by atoms with Crippen molar-refractivity contribution in [2.45, 2.75) is 19.3 Å². The average molecular weight is 348 g/mol. The van der Waals surface area contributed by atoms with Crippen molar-refractivity contribution in [2.75, 3.05) is 0 Å². The molecular formula is C20H20N4O2. The van der Waals surface area contributed by atoms with Crippen LogP contribution in [0.5, 0.6) is 0 Å². The molecule has 0 amide bonds. The van der Waals surface area contributed by atoms with E-state index in [0.29, 0.717) is 5.69 Å². The van der Waals surface area contributed by atoms with Gasteiger partial charge >= 0.3 is 0 Å². The molecule has 0 aliphatic heterocycles. The highest BCUT2D eigenvalue weighted by Crippen LogP contribution is 2.24. The lowest BCUT2D eigenvalue weighted by atomic mass is 9.88. The fourth-order valence-electron chi connectivity index (χ4n) is 2.58. The number of hydrogen-bond acceptors (Lipinski definition) is 3. The maximum atomic E-state index is 12.4. The Labute approximate surface area is 149 Å². The number of benzene rings is 1. The van der Waals surface area contributed by atoms with Gasteiger partial charge in [0, 0.05) is 5.41 Å². The van der Waals surface area contributed by atoms with Crippen molar-refractivity contribution < 1.29 is 0 Å². The lowest BCUT2D eigenvalue weighted by Crippen LogP contribution is -2.46. The first-order chi connectivity index (χ1) is 12.4. The Morgan fingerprint density at radius 3 is 2.23 bits per heavy atom. The Kier molecular flexibility index (Phi) is 4.58. The number of hydrogen-bond donors (Lipinski definition) is 3. The first-order valence-corrected chi connectivity index (χ1v) is 8.19. The molecule has 0 fully saturated rings. The van der Waals surface area contributed by atoms with Crippen LogP contribution >= 0.6 is 0 Å². The molecule has 0 atom stereocenters. The summed E-state index contributed by atoms with van der Waals surface area (Å²) in [6, 6.07) is 9.31. The molecule has 0 aliphatic rings. The van der Waals surface area contributed by atoms with E-state index >= 15 is 0 Å². The molecule has 132 valence electrons. The van der Waals surface area contributed by atoms with E-state index < -0.39 is 5.56 Å². The largest absolute Gasteiger partial charge is 0.347 e. The van der Waals surface area contributed by atoms with E-state index in [1.54, 1.807) is 24.6 Å².